The van der Waals surface area contributed by atoms with Gasteiger partial charge in [0.2, 0.25) is 5.91 Å². The topological polar surface area (TPSA) is 58.6 Å². The lowest BCUT2D eigenvalue weighted by Gasteiger charge is -2.31. The molecule has 0 heterocycles. The van der Waals surface area contributed by atoms with Crippen molar-refractivity contribution < 1.29 is 14.3 Å². The number of rotatable bonds is 11. The van der Waals surface area contributed by atoms with Gasteiger partial charge in [0.1, 0.15) is 11.8 Å². The van der Waals surface area contributed by atoms with E-state index in [1.807, 2.05) is 79.7 Å². The third-order valence-corrected chi connectivity index (χ3v) is 6.20. The van der Waals surface area contributed by atoms with Crippen molar-refractivity contribution in [3.63, 3.8) is 0 Å². The number of carbonyl (C=O) groups excluding carboxylic acids is 2. The average molecular weight is 493 g/mol. The fourth-order valence-electron chi connectivity index (χ4n) is 3.83. The molecule has 0 unspecified atom stereocenters. The fraction of sp³-hybridized carbons (Fsp3) is 0.310. The number of hydrogen-bond acceptors (Lipinski definition) is 3. The number of nitrogens with one attached hydrogen (secondary N) is 1. The van der Waals surface area contributed by atoms with Gasteiger partial charge in [0, 0.05) is 24.5 Å². The SMILES string of the molecule is CCNC(=O)[C@H](Cc1ccccc1)N(Cc1ccccc1Cl)C(=O)COc1ccc(C(C)C)cc1. The molecule has 3 aromatic rings. The van der Waals surface area contributed by atoms with Crippen LogP contribution in [0.25, 0.3) is 0 Å². The van der Waals surface area contributed by atoms with Crippen molar-refractivity contribution in [2.75, 3.05) is 13.2 Å². The van der Waals surface area contributed by atoms with E-state index in [0.29, 0.717) is 29.7 Å². The maximum Gasteiger partial charge on any atom is 0.261 e. The van der Waals surface area contributed by atoms with Gasteiger partial charge in [-0.1, -0.05) is 86.1 Å². The van der Waals surface area contributed by atoms with Crippen LogP contribution in [0.5, 0.6) is 5.75 Å². The lowest BCUT2D eigenvalue weighted by atomic mass is 10.0. The van der Waals surface area contributed by atoms with Gasteiger partial charge < -0.3 is 15.0 Å². The number of benzene rings is 3. The van der Waals surface area contributed by atoms with Crippen LogP contribution >= 0.6 is 11.6 Å². The molecular formula is C29H33ClN2O3. The van der Waals surface area contributed by atoms with Crippen LogP contribution in [0.1, 0.15) is 43.4 Å². The Kier molecular flexibility index (Phi) is 9.74. The molecule has 0 aliphatic carbocycles. The van der Waals surface area contributed by atoms with Gasteiger partial charge in [0.15, 0.2) is 6.61 Å². The molecule has 3 rings (SSSR count). The average Bonchev–Trinajstić information content (AvgIpc) is 2.86. The summed E-state index contributed by atoms with van der Waals surface area (Å²) in [6, 6.07) is 24.1. The lowest BCUT2D eigenvalue weighted by molar-refractivity contribution is -0.142. The van der Waals surface area contributed by atoms with Crippen LogP contribution in [0.2, 0.25) is 5.02 Å². The van der Waals surface area contributed by atoms with E-state index in [4.69, 9.17) is 16.3 Å². The van der Waals surface area contributed by atoms with Crippen LogP contribution in [0.15, 0.2) is 78.9 Å². The minimum absolute atomic E-state index is 0.184. The number of halogens is 1. The summed E-state index contributed by atoms with van der Waals surface area (Å²) in [6.45, 7) is 6.60. The third kappa shape index (κ3) is 7.59. The first-order valence-corrected chi connectivity index (χ1v) is 12.3. The van der Waals surface area contributed by atoms with Crippen LogP contribution in [0.4, 0.5) is 0 Å². The second kappa shape index (κ2) is 13.0. The van der Waals surface area contributed by atoms with Crippen LogP contribution in [-0.4, -0.2) is 35.9 Å². The normalized spacial score (nSPS) is 11.7. The summed E-state index contributed by atoms with van der Waals surface area (Å²) < 4.78 is 5.84. The number of hydrogen-bond donors (Lipinski definition) is 1. The van der Waals surface area contributed by atoms with Gasteiger partial charge in [0.05, 0.1) is 0 Å². The Bertz CT molecular complexity index is 1100. The molecule has 0 aliphatic rings. The summed E-state index contributed by atoms with van der Waals surface area (Å²) >= 11 is 6.42. The number of likely N-dealkylation sites (N-methyl/N-ethyl adjacent to an activating group) is 1. The van der Waals surface area contributed by atoms with E-state index in [9.17, 15) is 9.59 Å². The molecule has 0 aliphatic heterocycles. The maximum atomic E-state index is 13.5. The molecule has 0 spiro atoms. The van der Waals surface area contributed by atoms with Gasteiger partial charge in [-0.15, -0.1) is 0 Å². The highest BCUT2D eigenvalue weighted by Gasteiger charge is 2.30. The van der Waals surface area contributed by atoms with Gasteiger partial charge in [-0.05, 0) is 47.7 Å². The van der Waals surface area contributed by atoms with Gasteiger partial charge in [-0.2, -0.15) is 0 Å². The summed E-state index contributed by atoms with van der Waals surface area (Å²) in [4.78, 5) is 28.3. The molecule has 0 bridgehead atoms. The maximum absolute atomic E-state index is 13.5. The zero-order chi connectivity index (χ0) is 25.2. The largest absolute Gasteiger partial charge is 0.484 e. The molecule has 0 radical (unpaired) electrons. The van der Waals surface area contributed by atoms with Gasteiger partial charge >= 0.3 is 0 Å². The summed E-state index contributed by atoms with van der Waals surface area (Å²) in [5, 5.41) is 3.43. The molecule has 0 aromatic heterocycles. The van der Waals surface area contributed by atoms with E-state index in [1.165, 1.54) is 5.56 Å². The Morgan fingerprint density at radius 3 is 2.23 bits per heavy atom. The highest BCUT2D eigenvalue weighted by Crippen LogP contribution is 2.22. The van der Waals surface area contributed by atoms with E-state index < -0.39 is 6.04 Å². The van der Waals surface area contributed by atoms with E-state index in [2.05, 4.69) is 19.2 Å². The minimum atomic E-state index is -0.715. The van der Waals surface area contributed by atoms with E-state index in [-0.39, 0.29) is 25.0 Å². The summed E-state index contributed by atoms with van der Waals surface area (Å²) in [6.07, 6.45) is 0.381. The van der Waals surface area contributed by atoms with Crippen LogP contribution in [-0.2, 0) is 22.6 Å². The monoisotopic (exact) mass is 492 g/mol. The predicted molar refractivity (Wildman–Crippen MR) is 141 cm³/mol. The first-order chi connectivity index (χ1) is 16.9. The van der Waals surface area contributed by atoms with Gasteiger partial charge in [-0.3, -0.25) is 9.59 Å². The van der Waals surface area contributed by atoms with Crippen molar-refractivity contribution in [3.8, 4) is 5.75 Å². The zero-order valence-corrected chi connectivity index (χ0v) is 21.3. The first-order valence-electron chi connectivity index (χ1n) is 12.0. The molecule has 2 amide bonds. The smallest absolute Gasteiger partial charge is 0.261 e. The van der Waals surface area contributed by atoms with Crippen molar-refractivity contribution in [2.24, 2.45) is 0 Å². The van der Waals surface area contributed by atoms with Crippen molar-refractivity contribution in [2.45, 2.75) is 45.7 Å². The van der Waals surface area contributed by atoms with Gasteiger partial charge in [0.25, 0.3) is 5.91 Å². The predicted octanol–water partition coefficient (Wildman–Crippen LogP) is 5.62. The summed E-state index contributed by atoms with van der Waals surface area (Å²) in [5.74, 6) is 0.522. The van der Waals surface area contributed by atoms with Crippen LogP contribution in [0, 0.1) is 0 Å². The Morgan fingerprint density at radius 2 is 1.60 bits per heavy atom. The Hall–Kier alpha value is -3.31. The molecule has 0 fully saturated rings. The Morgan fingerprint density at radius 1 is 0.943 bits per heavy atom. The summed E-state index contributed by atoms with van der Waals surface area (Å²) in [7, 11) is 0. The second-order valence-corrected chi connectivity index (χ2v) is 9.13. The number of ether oxygens (including phenoxy) is 1. The molecular weight excluding hydrogens is 460 g/mol. The van der Waals surface area contributed by atoms with E-state index >= 15 is 0 Å². The standard InChI is InChI=1S/C29H33ClN2O3/c1-4-31-29(34)27(18-22-10-6-5-7-11-22)32(19-24-12-8-9-13-26(24)30)28(33)20-35-25-16-14-23(15-17-25)21(2)3/h5-17,21,27H,4,18-20H2,1-3H3,(H,31,34)/t27-/m0/s1. The molecule has 5 nitrogen and oxygen atoms in total. The molecule has 1 N–H and O–H groups in total. The molecule has 35 heavy (non-hydrogen) atoms. The molecule has 0 saturated heterocycles. The number of amides is 2. The Balaban J connectivity index is 1.87. The first kappa shape index (κ1) is 26.3. The fourth-order valence-corrected chi connectivity index (χ4v) is 4.03. The molecule has 6 heteroatoms. The molecule has 184 valence electrons. The lowest BCUT2D eigenvalue weighted by Crippen LogP contribution is -2.51. The minimum Gasteiger partial charge on any atom is -0.484 e. The highest BCUT2D eigenvalue weighted by atomic mass is 35.5. The van der Waals surface area contributed by atoms with E-state index in [1.54, 1.807) is 11.0 Å². The van der Waals surface area contributed by atoms with Crippen molar-refractivity contribution in [3.05, 3.63) is 101 Å². The molecule has 0 saturated carbocycles. The number of nitrogens with zero attached hydrogens (tertiary/aromatic N) is 1. The summed E-state index contributed by atoms with van der Waals surface area (Å²) in [5.41, 5.74) is 2.93. The quantitative estimate of drug-likeness (QED) is 0.378. The molecule has 3 aromatic carbocycles. The highest BCUT2D eigenvalue weighted by molar-refractivity contribution is 6.31. The zero-order valence-electron chi connectivity index (χ0n) is 20.5. The second-order valence-electron chi connectivity index (χ2n) is 8.73. The Labute approximate surface area is 213 Å². The van der Waals surface area contributed by atoms with Gasteiger partial charge in [-0.25, -0.2) is 0 Å². The van der Waals surface area contributed by atoms with Crippen LogP contribution in [0.3, 0.4) is 0 Å². The molecule has 1 atom stereocenters. The van der Waals surface area contributed by atoms with Crippen molar-refractivity contribution >= 4 is 23.4 Å². The van der Waals surface area contributed by atoms with Crippen LogP contribution < -0.4 is 10.1 Å². The van der Waals surface area contributed by atoms with Crippen molar-refractivity contribution in [1.82, 2.24) is 10.2 Å². The third-order valence-electron chi connectivity index (χ3n) is 5.83. The number of carbonyl (C=O) groups is 2. The van der Waals surface area contributed by atoms with E-state index in [0.717, 1.165) is 11.1 Å². The van der Waals surface area contributed by atoms with Crippen molar-refractivity contribution in [1.29, 1.82) is 0 Å².